The van der Waals surface area contributed by atoms with E-state index in [2.05, 4.69) is 31.3 Å². The van der Waals surface area contributed by atoms with Crippen molar-refractivity contribution in [2.24, 2.45) is 0 Å². The molecular weight excluding hydrogens is 290 g/mol. The molecule has 0 spiro atoms. The third-order valence-corrected chi connectivity index (χ3v) is 3.87. The fourth-order valence-corrected chi connectivity index (χ4v) is 3.01. The van der Waals surface area contributed by atoms with Crippen LogP contribution in [0.1, 0.15) is 43.9 Å². The summed E-state index contributed by atoms with van der Waals surface area (Å²) in [7, 11) is 3.33. The number of nitrogens with one attached hydrogen (secondary N) is 1. The molecule has 1 heterocycles. The Labute approximate surface area is 133 Å². The smallest absolute Gasteiger partial charge is 0.161 e. The maximum atomic E-state index is 9.09. The Balaban J connectivity index is 0.00000220. The summed E-state index contributed by atoms with van der Waals surface area (Å²) < 4.78 is 10.8. The van der Waals surface area contributed by atoms with E-state index < -0.39 is 0 Å². The van der Waals surface area contributed by atoms with Gasteiger partial charge in [-0.2, -0.15) is 0 Å². The molecule has 5 heteroatoms. The predicted molar refractivity (Wildman–Crippen MR) is 86.8 cm³/mol. The highest BCUT2D eigenvalue weighted by Gasteiger charge is 2.32. The van der Waals surface area contributed by atoms with Gasteiger partial charge in [0.1, 0.15) is 0 Å². The molecule has 1 aromatic carbocycles. The van der Waals surface area contributed by atoms with Gasteiger partial charge in [0.15, 0.2) is 11.5 Å². The minimum Gasteiger partial charge on any atom is -0.493 e. The van der Waals surface area contributed by atoms with Gasteiger partial charge >= 0.3 is 0 Å². The Morgan fingerprint density at radius 1 is 1.24 bits per heavy atom. The van der Waals surface area contributed by atoms with E-state index in [1.807, 2.05) is 0 Å². The lowest BCUT2D eigenvalue weighted by Crippen LogP contribution is -2.47. The Hall–Kier alpha value is -0.970. The standard InChI is InChI=1S/C16H25NO3.ClH/c1-16(2)10-11-8-14(19-3)15(20-4)9-12(11)13(17-16)6-5-7-18;/h8-9,13,17-18H,5-7,10H2,1-4H3;1H. The zero-order valence-corrected chi connectivity index (χ0v) is 14.0. The van der Waals surface area contributed by atoms with Crippen LogP contribution in [0.25, 0.3) is 0 Å². The van der Waals surface area contributed by atoms with Gasteiger partial charge in [-0.1, -0.05) is 0 Å². The van der Waals surface area contributed by atoms with Crippen LogP contribution in [0, 0.1) is 0 Å². The SMILES string of the molecule is COc1cc2c(cc1OC)C(CCCO)NC(C)(C)C2.Cl. The Morgan fingerprint density at radius 3 is 2.43 bits per heavy atom. The van der Waals surface area contributed by atoms with E-state index >= 15 is 0 Å². The van der Waals surface area contributed by atoms with Gasteiger partial charge in [0.2, 0.25) is 0 Å². The molecular formula is C16H26ClNO3. The van der Waals surface area contributed by atoms with Gasteiger partial charge < -0.3 is 19.9 Å². The Kier molecular flexibility index (Phi) is 6.32. The molecule has 0 bridgehead atoms. The average Bonchev–Trinajstić information content (AvgIpc) is 2.42. The summed E-state index contributed by atoms with van der Waals surface area (Å²) in [5, 5.41) is 12.8. The quantitative estimate of drug-likeness (QED) is 0.877. The normalized spacial score (nSPS) is 19.4. The van der Waals surface area contributed by atoms with Gasteiger partial charge in [0.25, 0.3) is 0 Å². The number of methoxy groups -OCH3 is 2. The number of hydrogen-bond acceptors (Lipinski definition) is 4. The van der Waals surface area contributed by atoms with Crippen LogP contribution in [0.15, 0.2) is 12.1 Å². The first kappa shape index (κ1) is 18.1. The first-order valence-electron chi connectivity index (χ1n) is 7.14. The molecule has 1 aliphatic heterocycles. The maximum Gasteiger partial charge on any atom is 0.161 e. The second-order valence-corrected chi connectivity index (χ2v) is 6.03. The topological polar surface area (TPSA) is 50.7 Å². The van der Waals surface area contributed by atoms with Crippen molar-refractivity contribution < 1.29 is 14.6 Å². The number of fused-ring (bicyclic) bond motifs is 1. The molecule has 1 aromatic rings. The largest absolute Gasteiger partial charge is 0.493 e. The highest BCUT2D eigenvalue weighted by Crippen LogP contribution is 2.39. The summed E-state index contributed by atoms with van der Waals surface area (Å²) in [6, 6.07) is 4.40. The molecule has 2 rings (SSSR count). The van der Waals surface area contributed by atoms with Gasteiger partial charge in [0.05, 0.1) is 14.2 Å². The molecule has 0 saturated heterocycles. The average molecular weight is 316 g/mol. The lowest BCUT2D eigenvalue weighted by molar-refractivity contribution is 0.250. The van der Waals surface area contributed by atoms with Crippen LogP contribution in [0.3, 0.4) is 0 Å². The minimum absolute atomic E-state index is 0. The molecule has 0 aliphatic carbocycles. The Bertz CT molecular complexity index is 477. The number of benzene rings is 1. The molecule has 0 amide bonds. The van der Waals surface area contributed by atoms with Crippen LogP contribution in [0.4, 0.5) is 0 Å². The number of aliphatic hydroxyl groups is 1. The number of halogens is 1. The van der Waals surface area contributed by atoms with Crippen LogP contribution in [-0.2, 0) is 6.42 Å². The van der Waals surface area contributed by atoms with E-state index in [1.165, 1.54) is 11.1 Å². The van der Waals surface area contributed by atoms with E-state index in [4.69, 9.17) is 14.6 Å². The second-order valence-electron chi connectivity index (χ2n) is 6.03. The highest BCUT2D eigenvalue weighted by atomic mass is 35.5. The predicted octanol–water partition coefficient (Wildman–Crippen LogP) is 2.86. The molecule has 1 unspecified atom stereocenters. The number of rotatable bonds is 5. The van der Waals surface area contributed by atoms with Crippen LogP contribution in [0.5, 0.6) is 11.5 Å². The summed E-state index contributed by atoms with van der Waals surface area (Å²) in [5.74, 6) is 1.55. The number of hydrogen-bond donors (Lipinski definition) is 2. The van der Waals surface area contributed by atoms with Crippen molar-refractivity contribution in [2.45, 2.75) is 44.7 Å². The van der Waals surface area contributed by atoms with Crippen molar-refractivity contribution in [3.05, 3.63) is 23.3 Å². The molecule has 1 aliphatic rings. The maximum absolute atomic E-state index is 9.09. The first-order chi connectivity index (χ1) is 9.50. The molecule has 1 atom stereocenters. The summed E-state index contributed by atoms with van der Waals surface area (Å²) >= 11 is 0. The van der Waals surface area contributed by atoms with Gasteiger partial charge in [0, 0.05) is 18.2 Å². The van der Waals surface area contributed by atoms with Gasteiger partial charge in [-0.25, -0.2) is 0 Å². The molecule has 21 heavy (non-hydrogen) atoms. The van der Waals surface area contributed by atoms with Gasteiger partial charge in [-0.05, 0) is 56.4 Å². The molecule has 120 valence electrons. The van der Waals surface area contributed by atoms with Crippen LogP contribution in [-0.4, -0.2) is 31.5 Å². The number of aliphatic hydroxyl groups excluding tert-OH is 1. The first-order valence-corrected chi connectivity index (χ1v) is 7.14. The summed E-state index contributed by atoms with van der Waals surface area (Å²) in [4.78, 5) is 0. The summed E-state index contributed by atoms with van der Waals surface area (Å²) in [6.07, 6.45) is 2.67. The van der Waals surface area contributed by atoms with Crippen molar-refractivity contribution in [3.8, 4) is 11.5 Å². The molecule has 0 saturated carbocycles. The van der Waals surface area contributed by atoms with Gasteiger partial charge in [-0.3, -0.25) is 0 Å². The third kappa shape index (κ3) is 4.02. The highest BCUT2D eigenvalue weighted by molar-refractivity contribution is 5.85. The zero-order chi connectivity index (χ0) is 14.8. The lowest BCUT2D eigenvalue weighted by Gasteiger charge is -2.39. The van der Waals surface area contributed by atoms with E-state index in [0.717, 1.165) is 30.8 Å². The minimum atomic E-state index is 0. The van der Waals surface area contributed by atoms with E-state index in [0.29, 0.717) is 0 Å². The van der Waals surface area contributed by atoms with Crippen LogP contribution >= 0.6 is 12.4 Å². The van der Waals surface area contributed by atoms with E-state index in [1.54, 1.807) is 14.2 Å². The fourth-order valence-electron chi connectivity index (χ4n) is 3.01. The fraction of sp³-hybridized carbons (Fsp3) is 0.625. The second kappa shape index (κ2) is 7.34. The van der Waals surface area contributed by atoms with E-state index in [-0.39, 0.29) is 30.6 Å². The monoisotopic (exact) mass is 315 g/mol. The van der Waals surface area contributed by atoms with Crippen LogP contribution in [0.2, 0.25) is 0 Å². The van der Waals surface area contributed by atoms with Crippen LogP contribution < -0.4 is 14.8 Å². The molecule has 0 radical (unpaired) electrons. The van der Waals surface area contributed by atoms with Crippen molar-refractivity contribution >= 4 is 12.4 Å². The van der Waals surface area contributed by atoms with E-state index in [9.17, 15) is 0 Å². The van der Waals surface area contributed by atoms with Crippen molar-refractivity contribution in [3.63, 3.8) is 0 Å². The molecule has 0 fully saturated rings. The molecule has 0 aromatic heterocycles. The van der Waals surface area contributed by atoms with Crippen molar-refractivity contribution in [2.75, 3.05) is 20.8 Å². The molecule has 2 N–H and O–H groups in total. The molecule has 4 nitrogen and oxygen atoms in total. The third-order valence-electron chi connectivity index (χ3n) is 3.87. The van der Waals surface area contributed by atoms with Gasteiger partial charge in [-0.15, -0.1) is 12.4 Å². The van der Waals surface area contributed by atoms with Crippen molar-refractivity contribution in [1.29, 1.82) is 0 Å². The summed E-state index contributed by atoms with van der Waals surface area (Å²) in [6.45, 7) is 4.64. The van der Waals surface area contributed by atoms with Crippen molar-refractivity contribution in [1.82, 2.24) is 5.32 Å². The zero-order valence-electron chi connectivity index (χ0n) is 13.2. The number of ether oxygens (including phenoxy) is 2. The Morgan fingerprint density at radius 2 is 1.86 bits per heavy atom. The summed E-state index contributed by atoms with van der Waals surface area (Å²) in [5.41, 5.74) is 2.61. The lowest BCUT2D eigenvalue weighted by atomic mass is 9.82.